The molecule has 0 aliphatic heterocycles. The normalized spacial score (nSPS) is 10.8. The van der Waals surface area contributed by atoms with Crippen molar-refractivity contribution < 1.29 is 14.3 Å². The number of amides is 1. The van der Waals surface area contributed by atoms with Gasteiger partial charge < -0.3 is 14.8 Å². The smallest absolute Gasteiger partial charge is 0.251 e. The quantitative estimate of drug-likeness (QED) is 0.453. The molecule has 4 aromatic rings. The molecule has 2 aromatic carbocycles. The predicted molar refractivity (Wildman–Crippen MR) is 107 cm³/mol. The molecule has 0 bridgehead atoms. The van der Waals surface area contributed by atoms with E-state index in [1.54, 1.807) is 47.3 Å². The number of nitrogens with one attached hydrogen (secondary N) is 1. The first-order valence-corrected chi connectivity index (χ1v) is 9.78. The highest BCUT2D eigenvalue weighted by molar-refractivity contribution is 7.98. The van der Waals surface area contributed by atoms with Gasteiger partial charge in [0.1, 0.15) is 11.5 Å². The van der Waals surface area contributed by atoms with Gasteiger partial charge in [-0.2, -0.15) is 4.68 Å². The summed E-state index contributed by atoms with van der Waals surface area (Å²) in [5.41, 5.74) is 2.30. The molecule has 0 radical (unpaired) electrons. The maximum Gasteiger partial charge on any atom is 0.251 e. The van der Waals surface area contributed by atoms with Gasteiger partial charge in [-0.1, -0.05) is 23.9 Å². The second-order valence-electron chi connectivity index (χ2n) is 6.14. The van der Waals surface area contributed by atoms with Crippen molar-refractivity contribution in [1.29, 1.82) is 0 Å². The molecule has 0 unspecified atom stereocenters. The molecule has 29 heavy (non-hydrogen) atoms. The van der Waals surface area contributed by atoms with Crippen molar-refractivity contribution >= 4 is 17.7 Å². The van der Waals surface area contributed by atoms with Crippen LogP contribution in [0, 0.1) is 0 Å². The number of furan rings is 1. The minimum atomic E-state index is -0.165. The fraction of sp³-hybridized carbons (Fsp3) is 0.100. The summed E-state index contributed by atoms with van der Waals surface area (Å²) in [6.45, 7) is 0.339. The number of hydrogen-bond acceptors (Lipinski definition) is 7. The average Bonchev–Trinajstić information content (AvgIpc) is 3.43. The zero-order valence-electron chi connectivity index (χ0n) is 15.2. The highest BCUT2D eigenvalue weighted by atomic mass is 32.2. The first kappa shape index (κ1) is 18.8. The highest BCUT2D eigenvalue weighted by Crippen LogP contribution is 2.23. The Labute approximate surface area is 170 Å². The van der Waals surface area contributed by atoms with E-state index >= 15 is 0 Å². The Hall–Kier alpha value is -3.59. The molecule has 146 valence electrons. The summed E-state index contributed by atoms with van der Waals surface area (Å²) in [5.74, 6) is 1.31. The molecule has 2 aromatic heterocycles. The molecule has 0 spiro atoms. The zero-order chi connectivity index (χ0) is 20.1. The summed E-state index contributed by atoms with van der Waals surface area (Å²) in [6, 6.07) is 17.6. The molecule has 9 heteroatoms. The van der Waals surface area contributed by atoms with Crippen LogP contribution < -0.4 is 5.32 Å². The number of phenols is 1. The van der Waals surface area contributed by atoms with E-state index < -0.39 is 0 Å². The van der Waals surface area contributed by atoms with Crippen molar-refractivity contribution in [2.45, 2.75) is 17.5 Å². The monoisotopic (exact) mass is 407 g/mol. The summed E-state index contributed by atoms with van der Waals surface area (Å²) in [6.07, 6.45) is 1.57. The van der Waals surface area contributed by atoms with Gasteiger partial charge in [-0.15, -0.1) is 5.10 Å². The van der Waals surface area contributed by atoms with Crippen molar-refractivity contribution in [3.05, 3.63) is 83.8 Å². The van der Waals surface area contributed by atoms with Crippen LogP contribution in [-0.2, 0) is 12.3 Å². The summed E-state index contributed by atoms with van der Waals surface area (Å²) in [7, 11) is 0. The van der Waals surface area contributed by atoms with Crippen LogP contribution >= 0.6 is 11.8 Å². The van der Waals surface area contributed by atoms with Gasteiger partial charge in [0.25, 0.3) is 5.91 Å². The van der Waals surface area contributed by atoms with Gasteiger partial charge in [0.15, 0.2) is 0 Å². The number of carbonyl (C=O) groups is 1. The van der Waals surface area contributed by atoms with E-state index in [-0.39, 0.29) is 11.7 Å². The first-order valence-electron chi connectivity index (χ1n) is 8.79. The van der Waals surface area contributed by atoms with Gasteiger partial charge in [0.2, 0.25) is 5.16 Å². The van der Waals surface area contributed by atoms with E-state index in [1.165, 1.54) is 11.8 Å². The molecule has 0 fully saturated rings. The second kappa shape index (κ2) is 8.61. The fourth-order valence-electron chi connectivity index (χ4n) is 2.66. The number of phenolic OH excluding ortho intramolecular Hbond substituents is 1. The molecule has 4 rings (SSSR count). The van der Waals surface area contributed by atoms with Crippen LogP contribution in [0.1, 0.15) is 21.7 Å². The third-order valence-corrected chi connectivity index (χ3v) is 5.09. The van der Waals surface area contributed by atoms with Crippen LogP contribution in [0.25, 0.3) is 5.69 Å². The van der Waals surface area contributed by atoms with Crippen molar-refractivity contribution in [2.75, 3.05) is 0 Å². The van der Waals surface area contributed by atoms with Crippen LogP contribution in [0.3, 0.4) is 0 Å². The molecule has 2 heterocycles. The second-order valence-corrected chi connectivity index (χ2v) is 7.08. The molecule has 1 amide bonds. The molecule has 0 aliphatic carbocycles. The van der Waals surface area contributed by atoms with Crippen LogP contribution in [0.15, 0.2) is 76.5 Å². The maximum atomic E-state index is 12.4. The van der Waals surface area contributed by atoms with Gasteiger partial charge in [0, 0.05) is 11.3 Å². The molecule has 0 saturated carbocycles. The van der Waals surface area contributed by atoms with Crippen molar-refractivity contribution in [2.24, 2.45) is 0 Å². The lowest BCUT2D eigenvalue weighted by Crippen LogP contribution is -2.22. The maximum absolute atomic E-state index is 12.4. The lowest BCUT2D eigenvalue weighted by molar-refractivity contribution is 0.0948. The summed E-state index contributed by atoms with van der Waals surface area (Å²) < 4.78 is 6.83. The Balaban J connectivity index is 1.41. The third kappa shape index (κ3) is 4.64. The number of aromatic nitrogens is 4. The van der Waals surface area contributed by atoms with Crippen LogP contribution in [0.5, 0.6) is 5.75 Å². The van der Waals surface area contributed by atoms with E-state index in [2.05, 4.69) is 20.8 Å². The average molecular weight is 407 g/mol. The van der Waals surface area contributed by atoms with Crippen molar-refractivity contribution in [3.8, 4) is 11.4 Å². The summed E-state index contributed by atoms with van der Waals surface area (Å²) in [4.78, 5) is 12.4. The Morgan fingerprint density at radius 1 is 1.14 bits per heavy atom. The summed E-state index contributed by atoms with van der Waals surface area (Å²) in [5, 5.41) is 24.7. The molecular formula is C20H17N5O3S. The van der Waals surface area contributed by atoms with Crippen molar-refractivity contribution in [1.82, 2.24) is 25.5 Å². The Bertz CT molecular complexity index is 1090. The standard InChI is InChI=1S/C20H17N5O3S/c26-17-8-6-16(7-9-17)25-20(22-23-24-25)29-13-14-3-1-4-15(11-14)19(27)21-12-18-5-2-10-28-18/h1-11,26H,12-13H2,(H,21,27). The number of tetrazole rings is 1. The number of aromatic hydroxyl groups is 1. The van der Waals surface area contributed by atoms with Crippen LogP contribution in [0.2, 0.25) is 0 Å². The van der Waals surface area contributed by atoms with Gasteiger partial charge >= 0.3 is 0 Å². The van der Waals surface area contributed by atoms with E-state index in [9.17, 15) is 9.90 Å². The largest absolute Gasteiger partial charge is 0.508 e. The van der Waals surface area contributed by atoms with E-state index in [0.29, 0.717) is 28.8 Å². The van der Waals surface area contributed by atoms with Gasteiger partial charge in [0.05, 0.1) is 18.5 Å². The first-order chi connectivity index (χ1) is 14.2. The van der Waals surface area contributed by atoms with Crippen LogP contribution in [0.4, 0.5) is 0 Å². The zero-order valence-corrected chi connectivity index (χ0v) is 16.0. The fourth-order valence-corrected chi connectivity index (χ4v) is 3.49. The predicted octanol–water partition coefficient (Wildman–Crippen LogP) is 3.18. The Morgan fingerprint density at radius 3 is 2.79 bits per heavy atom. The number of benzene rings is 2. The van der Waals surface area contributed by atoms with Gasteiger partial charge in [-0.05, 0) is 64.5 Å². The number of nitrogens with zero attached hydrogens (tertiary/aromatic N) is 4. The number of thioether (sulfide) groups is 1. The minimum Gasteiger partial charge on any atom is -0.508 e. The third-order valence-electron chi connectivity index (χ3n) is 4.10. The van der Waals surface area contributed by atoms with E-state index in [4.69, 9.17) is 4.42 Å². The molecule has 0 aliphatic rings. The molecular weight excluding hydrogens is 390 g/mol. The number of carbonyl (C=O) groups excluding carboxylic acids is 1. The van der Waals surface area contributed by atoms with Crippen LogP contribution in [-0.4, -0.2) is 31.2 Å². The van der Waals surface area contributed by atoms with Crippen molar-refractivity contribution in [3.63, 3.8) is 0 Å². The molecule has 2 N–H and O–H groups in total. The van der Waals surface area contributed by atoms with E-state index in [0.717, 1.165) is 11.3 Å². The number of rotatable bonds is 7. The highest BCUT2D eigenvalue weighted by Gasteiger charge is 2.11. The Morgan fingerprint density at radius 2 is 2.00 bits per heavy atom. The molecule has 0 atom stereocenters. The SMILES string of the molecule is O=C(NCc1ccco1)c1cccc(CSc2nnnn2-c2ccc(O)cc2)c1. The lowest BCUT2D eigenvalue weighted by Gasteiger charge is -2.07. The van der Waals surface area contributed by atoms with E-state index in [1.807, 2.05) is 24.3 Å². The Kier molecular flexibility index (Phi) is 5.57. The number of hydrogen-bond donors (Lipinski definition) is 2. The topological polar surface area (TPSA) is 106 Å². The van der Waals surface area contributed by atoms with Gasteiger partial charge in [-0.25, -0.2) is 0 Å². The van der Waals surface area contributed by atoms with Gasteiger partial charge in [-0.3, -0.25) is 4.79 Å². The molecule has 8 nitrogen and oxygen atoms in total. The molecule has 0 saturated heterocycles. The minimum absolute atomic E-state index is 0.165. The lowest BCUT2D eigenvalue weighted by atomic mass is 10.1. The summed E-state index contributed by atoms with van der Waals surface area (Å²) >= 11 is 1.46.